The molecular formula is C22H13N3O4. The van der Waals surface area contributed by atoms with Crippen molar-refractivity contribution in [2.24, 2.45) is 0 Å². The van der Waals surface area contributed by atoms with E-state index < -0.39 is 17.1 Å². The first-order valence-electron chi connectivity index (χ1n) is 9.20. The van der Waals surface area contributed by atoms with Crippen LogP contribution >= 0.6 is 0 Å². The van der Waals surface area contributed by atoms with Gasteiger partial charge in [-0.25, -0.2) is 0 Å². The lowest BCUT2D eigenvalue weighted by Crippen LogP contribution is -2.46. The van der Waals surface area contributed by atoms with Gasteiger partial charge in [0.25, 0.3) is 17.5 Å². The Hall–Kier alpha value is -4.00. The van der Waals surface area contributed by atoms with Crippen molar-refractivity contribution in [1.29, 1.82) is 0 Å². The van der Waals surface area contributed by atoms with Crippen LogP contribution < -0.4 is 4.90 Å². The van der Waals surface area contributed by atoms with Crippen LogP contribution in [0.4, 0.5) is 11.4 Å². The second-order valence-corrected chi connectivity index (χ2v) is 7.34. The number of nitro benzene ring substituents is 1. The van der Waals surface area contributed by atoms with Crippen LogP contribution in [-0.4, -0.2) is 21.6 Å². The van der Waals surface area contributed by atoms with E-state index in [0.29, 0.717) is 22.4 Å². The molecule has 3 aromatic carbocycles. The zero-order valence-corrected chi connectivity index (χ0v) is 15.0. The highest BCUT2D eigenvalue weighted by molar-refractivity contribution is 6.13. The number of anilines is 1. The van der Waals surface area contributed by atoms with Crippen molar-refractivity contribution in [2.45, 2.75) is 12.2 Å². The molecule has 0 radical (unpaired) electrons. The van der Waals surface area contributed by atoms with Crippen LogP contribution in [0.25, 0.3) is 0 Å². The maximum absolute atomic E-state index is 13.4. The fourth-order valence-electron chi connectivity index (χ4n) is 4.81. The Bertz CT molecular complexity index is 1270. The molecule has 0 aromatic heterocycles. The highest BCUT2D eigenvalue weighted by Gasteiger charge is 2.54. The summed E-state index contributed by atoms with van der Waals surface area (Å²) in [6.07, 6.45) is -0.572. The van der Waals surface area contributed by atoms with Gasteiger partial charge in [-0.15, -0.1) is 0 Å². The van der Waals surface area contributed by atoms with Crippen molar-refractivity contribution < 1.29 is 14.5 Å². The number of nitrogens with zero attached hydrogens (tertiary/aromatic N) is 3. The van der Waals surface area contributed by atoms with Gasteiger partial charge in [0.2, 0.25) is 0 Å². The lowest BCUT2D eigenvalue weighted by atomic mass is 9.93. The molecule has 29 heavy (non-hydrogen) atoms. The smallest absolute Gasteiger partial charge is 0.269 e. The third kappa shape index (κ3) is 1.86. The topological polar surface area (TPSA) is 83.8 Å². The van der Waals surface area contributed by atoms with E-state index in [4.69, 9.17) is 0 Å². The van der Waals surface area contributed by atoms with E-state index in [-0.39, 0.29) is 17.5 Å². The van der Waals surface area contributed by atoms with Gasteiger partial charge < -0.3 is 4.90 Å². The largest absolute Gasteiger partial charge is 0.302 e. The fourth-order valence-corrected chi connectivity index (χ4v) is 4.81. The molecule has 0 bridgehead atoms. The van der Waals surface area contributed by atoms with E-state index in [9.17, 15) is 19.7 Å². The summed E-state index contributed by atoms with van der Waals surface area (Å²) in [6.45, 7) is 0. The molecule has 0 fully saturated rings. The quantitative estimate of drug-likeness (QED) is 0.472. The second-order valence-electron chi connectivity index (χ2n) is 7.34. The maximum atomic E-state index is 13.4. The molecule has 0 spiro atoms. The van der Waals surface area contributed by atoms with Crippen molar-refractivity contribution in [3.63, 3.8) is 0 Å². The average Bonchev–Trinajstić information content (AvgIpc) is 3.21. The lowest BCUT2D eigenvalue weighted by Gasteiger charge is -2.43. The van der Waals surface area contributed by atoms with Crippen LogP contribution in [-0.2, 0) is 0 Å². The number of rotatable bonds is 1. The van der Waals surface area contributed by atoms with Crippen LogP contribution in [0.15, 0.2) is 66.7 Å². The molecule has 6 rings (SSSR count). The Balaban J connectivity index is 1.69. The summed E-state index contributed by atoms with van der Waals surface area (Å²) in [5.41, 5.74) is 3.81. The number of benzene rings is 3. The van der Waals surface area contributed by atoms with Crippen molar-refractivity contribution in [3.8, 4) is 0 Å². The van der Waals surface area contributed by atoms with Crippen molar-refractivity contribution in [2.75, 3.05) is 4.90 Å². The van der Waals surface area contributed by atoms with Gasteiger partial charge in [0, 0.05) is 34.4 Å². The van der Waals surface area contributed by atoms with Gasteiger partial charge in [-0.2, -0.15) is 0 Å². The van der Waals surface area contributed by atoms with Gasteiger partial charge in [0.05, 0.1) is 16.7 Å². The fraction of sp³-hybridized carbons (Fsp3) is 0.0909. The van der Waals surface area contributed by atoms with Gasteiger partial charge in [-0.3, -0.25) is 24.6 Å². The third-order valence-corrected chi connectivity index (χ3v) is 5.97. The molecule has 3 aliphatic rings. The van der Waals surface area contributed by atoms with E-state index >= 15 is 0 Å². The first-order chi connectivity index (χ1) is 14.1. The Morgan fingerprint density at radius 1 is 0.793 bits per heavy atom. The van der Waals surface area contributed by atoms with Gasteiger partial charge >= 0.3 is 0 Å². The summed E-state index contributed by atoms with van der Waals surface area (Å²) in [5, 5.41) is 11.4. The van der Waals surface area contributed by atoms with Crippen molar-refractivity contribution in [3.05, 3.63) is 105 Å². The van der Waals surface area contributed by atoms with Gasteiger partial charge in [0.15, 0.2) is 0 Å². The number of amides is 2. The molecule has 0 saturated heterocycles. The molecule has 7 heteroatoms. The molecular weight excluding hydrogens is 370 g/mol. The molecule has 3 heterocycles. The van der Waals surface area contributed by atoms with Gasteiger partial charge in [0.1, 0.15) is 6.17 Å². The predicted octanol–water partition coefficient (Wildman–Crippen LogP) is 3.81. The third-order valence-electron chi connectivity index (χ3n) is 5.97. The molecule has 3 aromatic rings. The maximum Gasteiger partial charge on any atom is 0.269 e. The number of hydrogen-bond donors (Lipinski definition) is 0. The molecule has 2 unspecified atom stereocenters. The number of non-ortho nitro benzene ring substituents is 1. The summed E-state index contributed by atoms with van der Waals surface area (Å²) in [4.78, 5) is 40.8. The predicted molar refractivity (Wildman–Crippen MR) is 104 cm³/mol. The molecule has 0 aliphatic carbocycles. The highest BCUT2D eigenvalue weighted by Crippen LogP contribution is 2.55. The Kier molecular flexibility index (Phi) is 2.92. The van der Waals surface area contributed by atoms with E-state index in [0.717, 1.165) is 11.1 Å². The first kappa shape index (κ1) is 16.0. The zero-order valence-electron chi connectivity index (χ0n) is 15.0. The van der Waals surface area contributed by atoms with E-state index in [1.165, 1.54) is 12.1 Å². The minimum absolute atomic E-state index is 0.0665. The second kappa shape index (κ2) is 5.29. The summed E-state index contributed by atoms with van der Waals surface area (Å²) in [7, 11) is 0. The SMILES string of the molecule is O=C1c2ccccc2C2N1c1ccc([N+](=O)[O-])cc1C1c3ccccc3C(=O)N12. The molecule has 2 amide bonds. The van der Waals surface area contributed by atoms with Crippen LogP contribution in [0.5, 0.6) is 0 Å². The number of nitro groups is 1. The standard InChI is InChI=1S/C22H13N3O4/c26-21-16-8-4-2-6-14(16)20-23(21)18-10-9-12(25(28)29)11-17(18)19-13-5-1-3-7-15(13)22(27)24(19)20/h1-11,19-20H. The molecule has 3 aliphatic heterocycles. The minimum atomic E-state index is -0.572. The van der Waals surface area contributed by atoms with Crippen LogP contribution in [0.2, 0.25) is 0 Å². The van der Waals surface area contributed by atoms with E-state index in [1.807, 2.05) is 24.3 Å². The summed E-state index contributed by atoms with van der Waals surface area (Å²) in [5.74, 6) is -0.384. The number of carbonyl (C=O) groups is 2. The van der Waals surface area contributed by atoms with Crippen LogP contribution in [0.3, 0.4) is 0 Å². The first-order valence-corrected chi connectivity index (χ1v) is 9.20. The summed E-state index contributed by atoms with van der Waals surface area (Å²) in [6, 6.07) is 18.6. The Morgan fingerprint density at radius 2 is 1.45 bits per heavy atom. The van der Waals surface area contributed by atoms with Gasteiger partial charge in [-0.1, -0.05) is 36.4 Å². The van der Waals surface area contributed by atoms with E-state index in [1.54, 1.807) is 40.1 Å². The summed E-state index contributed by atoms with van der Waals surface area (Å²) >= 11 is 0. The van der Waals surface area contributed by atoms with Crippen molar-refractivity contribution in [1.82, 2.24) is 4.90 Å². The normalized spacial score (nSPS) is 20.7. The Morgan fingerprint density at radius 3 is 2.17 bits per heavy atom. The lowest BCUT2D eigenvalue weighted by molar-refractivity contribution is -0.384. The van der Waals surface area contributed by atoms with Gasteiger partial charge in [-0.05, 0) is 23.8 Å². The Labute approximate surface area is 164 Å². The highest BCUT2D eigenvalue weighted by atomic mass is 16.6. The number of fused-ring (bicyclic) bond motifs is 10. The monoisotopic (exact) mass is 383 g/mol. The van der Waals surface area contributed by atoms with Crippen molar-refractivity contribution >= 4 is 23.2 Å². The van der Waals surface area contributed by atoms with Crippen LogP contribution in [0.1, 0.15) is 49.6 Å². The minimum Gasteiger partial charge on any atom is -0.302 e. The number of hydrogen-bond acceptors (Lipinski definition) is 4. The molecule has 0 saturated carbocycles. The van der Waals surface area contributed by atoms with Crippen LogP contribution in [0, 0.1) is 10.1 Å². The molecule has 2 atom stereocenters. The summed E-state index contributed by atoms with van der Waals surface area (Å²) < 4.78 is 0. The zero-order chi connectivity index (χ0) is 19.9. The number of carbonyl (C=O) groups excluding carboxylic acids is 2. The van der Waals surface area contributed by atoms with E-state index in [2.05, 4.69) is 0 Å². The molecule has 0 N–H and O–H groups in total. The average molecular weight is 383 g/mol. The molecule has 7 nitrogen and oxygen atoms in total. The molecule has 140 valence electrons.